The first-order valence-corrected chi connectivity index (χ1v) is 12.1. The number of aromatic amines is 1. The molecule has 4 rings (SSSR count). The summed E-state index contributed by atoms with van der Waals surface area (Å²) in [6.07, 6.45) is 7.12. The fourth-order valence-corrected chi connectivity index (χ4v) is 4.21. The predicted octanol–water partition coefficient (Wildman–Crippen LogP) is 3.43. The molecule has 4 N–H and O–H groups in total. The van der Waals surface area contributed by atoms with Gasteiger partial charge in [-0.05, 0) is 37.5 Å². The minimum atomic E-state index is -0.317. The molecule has 2 amide bonds. The molecule has 36 heavy (non-hydrogen) atoms. The first-order chi connectivity index (χ1) is 17.3. The van der Waals surface area contributed by atoms with E-state index in [1.54, 1.807) is 28.7 Å². The van der Waals surface area contributed by atoms with Gasteiger partial charge in [0, 0.05) is 32.3 Å². The second-order valence-corrected chi connectivity index (χ2v) is 9.02. The Morgan fingerprint density at radius 1 is 1.06 bits per heavy atom. The highest BCUT2D eigenvalue weighted by Crippen LogP contribution is 2.25. The number of nitrogens with one attached hydrogen (secondary N) is 2. The molecule has 1 atom stereocenters. The van der Waals surface area contributed by atoms with Gasteiger partial charge < -0.3 is 16.0 Å². The second-order valence-electron chi connectivity index (χ2n) is 9.02. The summed E-state index contributed by atoms with van der Waals surface area (Å²) in [5.74, 6) is 0.176. The van der Waals surface area contributed by atoms with Gasteiger partial charge in [0.05, 0.1) is 29.3 Å². The fraction of sp³-hybridized carbons (Fsp3) is 0.346. The van der Waals surface area contributed by atoms with Crippen molar-refractivity contribution in [2.45, 2.75) is 45.1 Å². The number of carbonyl (C=O) groups is 2. The number of nitrogens with zero attached hydrogens (tertiary/aromatic N) is 5. The number of imidazole rings is 1. The second kappa shape index (κ2) is 11.0. The Morgan fingerprint density at radius 3 is 2.44 bits per heavy atom. The first-order valence-electron chi connectivity index (χ1n) is 12.1. The first kappa shape index (κ1) is 24.9. The number of rotatable bonds is 11. The normalized spacial score (nSPS) is 12.0. The number of unbranched alkanes of at least 4 members (excludes halogenated alkanes) is 2. The SMILES string of the molecule is Cc1cc(C(=O)N[C@@H](CCCCCC(N)=O)c2ncc(-c3ccc(-c4ccn(C)n4)cc3)[nH]2)n(C)n1. The number of H-pyrrole nitrogens is 1. The van der Waals surface area contributed by atoms with Crippen LogP contribution in [0.3, 0.4) is 0 Å². The molecule has 0 radical (unpaired) electrons. The summed E-state index contributed by atoms with van der Waals surface area (Å²) in [7, 11) is 3.65. The molecule has 10 nitrogen and oxygen atoms in total. The molecular formula is C26H32N8O2. The van der Waals surface area contributed by atoms with E-state index in [1.807, 2.05) is 50.5 Å². The Hall–Kier alpha value is -4.21. The summed E-state index contributed by atoms with van der Waals surface area (Å²) in [6.45, 7) is 1.85. The van der Waals surface area contributed by atoms with Crippen molar-refractivity contribution in [1.29, 1.82) is 0 Å². The summed E-state index contributed by atoms with van der Waals surface area (Å²) in [5, 5.41) is 11.8. The van der Waals surface area contributed by atoms with Crippen molar-refractivity contribution in [1.82, 2.24) is 34.8 Å². The number of hydrogen-bond acceptors (Lipinski definition) is 5. The zero-order valence-corrected chi connectivity index (χ0v) is 20.9. The molecule has 188 valence electrons. The van der Waals surface area contributed by atoms with Crippen molar-refractivity contribution in [2.75, 3.05) is 0 Å². The monoisotopic (exact) mass is 488 g/mol. The Kier molecular flexibility index (Phi) is 7.62. The predicted molar refractivity (Wildman–Crippen MR) is 137 cm³/mol. The Balaban J connectivity index is 1.49. The highest BCUT2D eigenvalue weighted by Gasteiger charge is 2.21. The zero-order chi connectivity index (χ0) is 25.7. The summed E-state index contributed by atoms with van der Waals surface area (Å²) in [5.41, 5.74) is 10.3. The summed E-state index contributed by atoms with van der Waals surface area (Å²) in [4.78, 5) is 32.0. The van der Waals surface area contributed by atoms with E-state index in [9.17, 15) is 9.59 Å². The standard InChI is InChI=1S/C26H32N8O2/c1-17-15-23(34(3)31-17)26(36)30-21(7-5-4-6-8-24(27)35)25-28-16-22(29-25)19-11-9-18(10-12-19)20-13-14-33(2)32-20/h9-16,21H,4-8H2,1-3H3,(H2,27,35)(H,28,29)(H,30,36)/t21-/m0/s1. The van der Waals surface area contributed by atoms with E-state index in [0.717, 1.165) is 47.5 Å². The number of amides is 2. The van der Waals surface area contributed by atoms with E-state index in [1.165, 1.54) is 0 Å². The van der Waals surface area contributed by atoms with Crippen LogP contribution >= 0.6 is 0 Å². The number of aryl methyl sites for hydroxylation is 3. The molecular weight excluding hydrogens is 456 g/mol. The van der Waals surface area contributed by atoms with Crippen LogP contribution in [0.15, 0.2) is 48.8 Å². The molecule has 0 bridgehead atoms. The lowest BCUT2D eigenvalue weighted by Crippen LogP contribution is -2.30. The van der Waals surface area contributed by atoms with Gasteiger partial charge in [0.25, 0.3) is 5.91 Å². The fourth-order valence-electron chi connectivity index (χ4n) is 4.21. The summed E-state index contributed by atoms with van der Waals surface area (Å²) < 4.78 is 3.35. The maximum Gasteiger partial charge on any atom is 0.270 e. The van der Waals surface area contributed by atoms with Crippen LogP contribution in [-0.4, -0.2) is 41.3 Å². The molecule has 3 aromatic heterocycles. The number of carbonyl (C=O) groups excluding carboxylic acids is 2. The van der Waals surface area contributed by atoms with E-state index in [4.69, 9.17) is 5.73 Å². The van der Waals surface area contributed by atoms with Gasteiger partial charge in [0.15, 0.2) is 0 Å². The lowest BCUT2D eigenvalue weighted by atomic mass is 10.1. The highest BCUT2D eigenvalue weighted by atomic mass is 16.2. The molecule has 0 aliphatic heterocycles. The maximum absolute atomic E-state index is 13.0. The van der Waals surface area contributed by atoms with Crippen molar-refractivity contribution in [3.8, 4) is 22.5 Å². The van der Waals surface area contributed by atoms with E-state index < -0.39 is 0 Å². The van der Waals surface area contributed by atoms with Gasteiger partial charge in [-0.15, -0.1) is 0 Å². The molecule has 1 aromatic carbocycles. The molecule has 0 spiro atoms. The van der Waals surface area contributed by atoms with Gasteiger partial charge in [-0.3, -0.25) is 19.0 Å². The smallest absolute Gasteiger partial charge is 0.270 e. The lowest BCUT2D eigenvalue weighted by molar-refractivity contribution is -0.118. The topological polar surface area (TPSA) is 137 Å². The molecule has 0 aliphatic carbocycles. The van der Waals surface area contributed by atoms with Gasteiger partial charge in [-0.1, -0.05) is 37.1 Å². The van der Waals surface area contributed by atoms with Crippen LogP contribution in [0.2, 0.25) is 0 Å². The van der Waals surface area contributed by atoms with Crippen LogP contribution in [0, 0.1) is 6.92 Å². The molecule has 0 saturated heterocycles. The third kappa shape index (κ3) is 6.07. The average molecular weight is 489 g/mol. The van der Waals surface area contributed by atoms with E-state index in [2.05, 4.69) is 25.5 Å². The van der Waals surface area contributed by atoms with Gasteiger partial charge in [-0.2, -0.15) is 10.2 Å². The third-order valence-corrected chi connectivity index (χ3v) is 6.09. The maximum atomic E-state index is 13.0. The van der Waals surface area contributed by atoms with Crippen LogP contribution in [0.25, 0.3) is 22.5 Å². The van der Waals surface area contributed by atoms with E-state index in [0.29, 0.717) is 24.4 Å². The molecule has 10 heteroatoms. The van der Waals surface area contributed by atoms with Gasteiger partial charge in [-0.25, -0.2) is 4.98 Å². The number of aromatic nitrogens is 6. The Morgan fingerprint density at radius 2 is 1.81 bits per heavy atom. The molecule has 0 fully saturated rings. The number of nitrogens with two attached hydrogens (primary N) is 1. The van der Waals surface area contributed by atoms with Crippen molar-refractivity contribution < 1.29 is 9.59 Å². The number of hydrogen-bond donors (Lipinski definition) is 3. The summed E-state index contributed by atoms with van der Waals surface area (Å²) >= 11 is 0. The molecule has 0 saturated carbocycles. The minimum absolute atomic E-state index is 0.210. The lowest BCUT2D eigenvalue weighted by Gasteiger charge is -2.17. The van der Waals surface area contributed by atoms with Crippen LogP contribution in [-0.2, 0) is 18.9 Å². The van der Waals surface area contributed by atoms with Crippen molar-refractivity contribution in [2.24, 2.45) is 19.8 Å². The molecule has 3 heterocycles. The number of primary amides is 1. The molecule has 0 unspecified atom stereocenters. The van der Waals surface area contributed by atoms with E-state index >= 15 is 0 Å². The Bertz CT molecular complexity index is 1330. The van der Waals surface area contributed by atoms with Crippen LogP contribution in [0.1, 0.15) is 60.2 Å². The van der Waals surface area contributed by atoms with E-state index in [-0.39, 0.29) is 17.9 Å². The Labute approximate surface area is 209 Å². The van der Waals surface area contributed by atoms with Crippen LogP contribution in [0.5, 0.6) is 0 Å². The molecule has 0 aliphatic rings. The van der Waals surface area contributed by atoms with Crippen LogP contribution < -0.4 is 11.1 Å². The van der Waals surface area contributed by atoms with Crippen LogP contribution in [0.4, 0.5) is 0 Å². The van der Waals surface area contributed by atoms with Gasteiger partial charge >= 0.3 is 0 Å². The highest BCUT2D eigenvalue weighted by molar-refractivity contribution is 5.92. The number of benzene rings is 1. The quantitative estimate of drug-likeness (QED) is 0.278. The van der Waals surface area contributed by atoms with Gasteiger partial charge in [0.2, 0.25) is 5.91 Å². The zero-order valence-electron chi connectivity index (χ0n) is 20.9. The van der Waals surface area contributed by atoms with Crippen molar-refractivity contribution in [3.05, 3.63) is 66.0 Å². The van der Waals surface area contributed by atoms with Crippen molar-refractivity contribution >= 4 is 11.8 Å². The third-order valence-electron chi connectivity index (χ3n) is 6.09. The molecule has 4 aromatic rings. The minimum Gasteiger partial charge on any atom is -0.370 e. The van der Waals surface area contributed by atoms with Gasteiger partial charge in [0.1, 0.15) is 11.5 Å². The largest absolute Gasteiger partial charge is 0.370 e. The van der Waals surface area contributed by atoms with Crippen molar-refractivity contribution in [3.63, 3.8) is 0 Å². The average Bonchev–Trinajstić information content (AvgIpc) is 3.58. The summed E-state index contributed by atoms with van der Waals surface area (Å²) in [6, 6.07) is 11.5.